The summed E-state index contributed by atoms with van der Waals surface area (Å²) in [5.41, 5.74) is -1.63. The van der Waals surface area contributed by atoms with Gasteiger partial charge in [0.25, 0.3) is 5.91 Å². The first kappa shape index (κ1) is 28.3. The zero-order valence-corrected chi connectivity index (χ0v) is 22.9. The molecule has 1 aromatic rings. The monoisotopic (exact) mass is 544 g/mol. The molecule has 3 fully saturated rings. The van der Waals surface area contributed by atoms with E-state index in [1.165, 1.54) is 9.80 Å². The van der Waals surface area contributed by atoms with Gasteiger partial charge >= 0.3 is 5.97 Å². The molecule has 1 N–H and O–H groups in total. The molecule has 3 saturated heterocycles. The lowest BCUT2D eigenvalue weighted by atomic mass is 9.65. The second kappa shape index (κ2) is 11.2. The first-order valence-electron chi connectivity index (χ1n) is 13.3. The quantitative estimate of drug-likeness (QED) is 0.243. The maximum Gasteiger partial charge on any atom is 0.312 e. The molecule has 3 aliphatic rings. The van der Waals surface area contributed by atoms with Crippen molar-refractivity contribution in [3.05, 3.63) is 54.6 Å². The topological polar surface area (TPSA) is 96.4 Å². The van der Waals surface area contributed by atoms with E-state index in [1.54, 1.807) is 43.3 Å². The van der Waals surface area contributed by atoms with E-state index in [-0.39, 0.29) is 31.6 Å². The Bertz CT molecular complexity index is 1110. The number of halogens is 1. The lowest BCUT2D eigenvalue weighted by Gasteiger charge is -2.38. The molecular formula is C29H37ClN2O6. The van der Waals surface area contributed by atoms with Gasteiger partial charge in [0.15, 0.2) is 0 Å². The van der Waals surface area contributed by atoms with Gasteiger partial charge in [-0.15, -0.1) is 13.2 Å². The van der Waals surface area contributed by atoms with Crippen LogP contribution in [0.1, 0.15) is 46.0 Å². The van der Waals surface area contributed by atoms with Crippen molar-refractivity contribution in [2.24, 2.45) is 11.8 Å². The van der Waals surface area contributed by atoms with Crippen molar-refractivity contribution in [2.75, 3.05) is 24.7 Å². The minimum atomic E-state index is -1.22. The van der Waals surface area contributed by atoms with E-state index >= 15 is 0 Å². The van der Waals surface area contributed by atoms with Crippen LogP contribution >= 0.6 is 11.6 Å². The summed E-state index contributed by atoms with van der Waals surface area (Å²) in [6.45, 7) is 11.1. The Morgan fingerprint density at radius 3 is 2.68 bits per heavy atom. The fraction of sp³-hybridized carbons (Fsp3) is 0.552. The molecule has 2 amide bonds. The Morgan fingerprint density at radius 1 is 1.32 bits per heavy atom. The lowest BCUT2D eigenvalue weighted by Crippen LogP contribution is -2.58. The van der Waals surface area contributed by atoms with Gasteiger partial charge < -0.3 is 24.4 Å². The Morgan fingerprint density at radius 2 is 2.05 bits per heavy atom. The molecule has 8 nitrogen and oxygen atoms in total. The van der Waals surface area contributed by atoms with Crippen LogP contribution in [0.4, 0.5) is 5.69 Å². The number of hydrogen-bond donors (Lipinski definition) is 1. The molecule has 1 spiro atoms. The maximum atomic E-state index is 14.4. The third-order valence-corrected chi connectivity index (χ3v) is 8.68. The Hall–Kier alpha value is -2.68. The average molecular weight is 545 g/mol. The van der Waals surface area contributed by atoms with Gasteiger partial charge in [-0.05, 0) is 51.2 Å². The number of ether oxygens (including phenoxy) is 2. The molecule has 206 valence electrons. The number of benzene rings is 1. The highest BCUT2D eigenvalue weighted by molar-refractivity contribution is 6.34. The summed E-state index contributed by atoms with van der Waals surface area (Å²) in [6.07, 6.45) is 6.16. The highest BCUT2D eigenvalue weighted by atomic mass is 35.5. The van der Waals surface area contributed by atoms with E-state index in [2.05, 4.69) is 13.2 Å². The number of aliphatic hydroxyl groups is 1. The van der Waals surface area contributed by atoms with Crippen LogP contribution < -0.4 is 4.90 Å². The number of likely N-dealkylation sites (tertiary alicyclic amines) is 1. The SMILES string of the molecule is C=CCCCOC(=O)[C@H]1[C@H]2C(=O)N([C@H](C)CO)C(C(=O)N(CC=C)c3ccccc3Cl)C23CC[C@]1(CC)O3. The average Bonchev–Trinajstić information content (AvgIpc) is 3.53. The molecule has 9 heteroatoms. The minimum absolute atomic E-state index is 0.156. The van der Waals surface area contributed by atoms with Crippen molar-refractivity contribution in [1.82, 2.24) is 4.90 Å². The molecule has 0 radical (unpaired) electrons. The predicted octanol–water partition coefficient (Wildman–Crippen LogP) is 3.90. The predicted molar refractivity (Wildman–Crippen MR) is 145 cm³/mol. The van der Waals surface area contributed by atoms with Crippen molar-refractivity contribution in [1.29, 1.82) is 0 Å². The van der Waals surface area contributed by atoms with Gasteiger partial charge in [0.1, 0.15) is 17.6 Å². The fourth-order valence-electron chi connectivity index (χ4n) is 6.60. The third-order valence-electron chi connectivity index (χ3n) is 8.36. The van der Waals surface area contributed by atoms with Crippen LogP contribution in [0.25, 0.3) is 0 Å². The number of allylic oxidation sites excluding steroid dienone is 1. The number of fused-ring (bicyclic) bond motifs is 1. The van der Waals surface area contributed by atoms with Crippen molar-refractivity contribution in [2.45, 2.75) is 69.2 Å². The molecule has 2 bridgehead atoms. The zero-order valence-electron chi connectivity index (χ0n) is 22.1. The Balaban J connectivity index is 1.78. The normalized spacial score (nSPS) is 30.2. The van der Waals surface area contributed by atoms with Gasteiger partial charge in [0.05, 0.1) is 41.5 Å². The van der Waals surface area contributed by atoms with Crippen LogP contribution in [-0.4, -0.2) is 70.8 Å². The van der Waals surface area contributed by atoms with Crippen LogP contribution in [0.2, 0.25) is 5.02 Å². The third kappa shape index (κ3) is 4.36. The number of carbonyl (C=O) groups is 3. The van der Waals surface area contributed by atoms with E-state index in [9.17, 15) is 19.5 Å². The number of para-hydroxylation sites is 1. The molecule has 1 aromatic carbocycles. The summed E-state index contributed by atoms with van der Waals surface area (Å²) in [4.78, 5) is 45.0. The van der Waals surface area contributed by atoms with Gasteiger partial charge in [-0.2, -0.15) is 0 Å². The molecule has 6 atom stereocenters. The molecular weight excluding hydrogens is 508 g/mol. The highest BCUT2D eigenvalue weighted by Gasteiger charge is 2.79. The minimum Gasteiger partial charge on any atom is -0.465 e. The summed E-state index contributed by atoms with van der Waals surface area (Å²) < 4.78 is 12.4. The number of amides is 2. The second-order valence-electron chi connectivity index (χ2n) is 10.4. The molecule has 0 saturated carbocycles. The first-order chi connectivity index (χ1) is 18.2. The number of nitrogens with zero attached hydrogens (tertiary/aromatic N) is 2. The molecule has 38 heavy (non-hydrogen) atoms. The van der Waals surface area contributed by atoms with Crippen LogP contribution in [0, 0.1) is 11.8 Å². The number of rotatable bonds is 12. The van der Waals surface area contributed by atoms with Crippen LogP contribution in [0.15, 0.2) is 49.6 Å². The van der Waals surface area contributed by atoms with Crippen LogP contribution in [0.5, 0.6) is 0 Å². The molecule has 0 aliphatic carbocycles. The summed E-state index contributed by atoms with van der Waals surface area (Å²) >= 11 is 6.48. The van der Waals surface area contributed by atoms with Gasteiger partial charge in [0, 0.05) is 6.54 Å². The molecule has 0 aromatic heterocycles. The highest BCUT2D eigenvalue weighted by Crippen LogP contribution is 2.65. The lowest BCUT2D eigenvalue weighted by molar-refractivity contribution is -0.162. The summed E-state index contributed by atoms with van der Waals surface area (Å²) in [5, 5.41) is 10.5. The maximum absolute atomic E-state index is 14.4. The van der Waals surface area contributed by atoms with E-state index < -0.39 is 41.1 Å². The molecule has 2 unspecified atom stereocenters. The number of carbonyl (C=O) groups excluding carboxylic acids is 3. The summed E-state index contributed by atoms with van der Waals surface area (Å²) in [6, 6.07) is 5.26. The first-order valence-corrected chi connectivity index (χ1v) is 13.7. The van der Waals surface area contributed by atoms with Gasteiger partial charge in [0.2, 0.25) is 5.91 Å². The number of esters is 1. The van der Waals surface area contributed by atoms with Crippen LogP contribution in [-0.2, 0) is 23.9 Å². The van der Waals surface area contributed by atoms with E-state index in [0.717, 1.165) is 0 Å². The summed E-state index contributed by atoms with van der Waals surface area (Å²) in [5.74, 6) is -2.96. The standard InChI is InChI=1S/C29H37ClN2O6/c1-5-8-11-17-37-27(36)23-22-25(34)32(19(4)18-33)24(29(22)15-14-28(23,7-3)38-29)26(35)31(16-6-2)21-13-10-9-12-20(21)30/h5-6,9-10,12-13,19,22-24,33H,1-2,7-8,11,14-18H2,3-4H3/t19-,22+,23-,24?,28+,29?/m1/s1. The number of aliphatic hydroxyl groups excluding tert-OH is 1. The van der Waals surface area contributed by atoms with Gasteiger partial charge in [-0.1, -0.05) is 42.8 Å². The van der Waals surface area contributed by atoms with Crippen molar-refractivity contribution < 1.29 is 29.0 Å². The Kier molecular flexibility index (Phi) is 8.35. The second-order valence-corrected chi connectivity index (χ2v) is 10.8. The van der Waals surface area contributed by atoms with Gasteiger partial charge in [-0.25, -0.2) is 0 Å². The van der Waals surface area contributed by atoms with Crippen molar-refractivity contribution in [3.8, 4) is 0 Å². The number of hydrogen-bond acceptors (Lipinski definition) is 6. The fourth-order valence-corrected chi connectivity index (χ4v) is 6.84. The van der Waals surface area contributed by atoms with E-state index in [1.807, 2.05) is 6.92 Å². The Labute approximate surface area is 229 Å². The molecule has 3 heterocycles. The largest absolute Gasteiger partial charge is 0.465 e. The van der Waals surface area contributed by atoms with E-state index in [4.69, 9.17) is 21.1 Å². The van der Waals surface area contributed by atoms with Crippen molar-refractivity contribution >= 4 is 35.1 Å². The number of unbranched alkanes of at least 4 members (excludes halogenated alkanes) is 1. The van der Waals surface area contributed by atoms with Crippen LogP contribution in [0.3, 0.4) is 0 Å². The molecule has 4 rings (SSSR count). The number of anilines is 1. The molecule has 3 aliphatic heterocycles. The zero-order chi connectivity index (χ0) is 27.7. The summed E-state index contributed by atoms with van der Waals surface area (Å²) in [7, 11) is 0. The smallest absolute Gasteiger partial charge is 0.312 e. The van der Waals surface area contributed by atoms with Crippen molar-refractivity contribution in [3.63, 3.8) is 0 Å². The van der Waals surface area contributed by atoms with Gasteiger partial charge in [-0.3, -0.25) is 14.4 Å². The van der Waals surface area contributed by atoms with E-state index in [0.29, 0.717) is 42.8 Å².